The van der Waals surface area contributed by atoms with Crippen LogP contribution >= 0.6 is 45.3 Å². The van der Waals surface area contributed by atoms with Gasteiger partial charge in [0.1, 0.15) is 0 Å². The number of benzene rings is 21. The molecule has 0 spiro atoms. The fraction of sp³-hybridized carbons (Fsp3) is 0.0698. The number of hydrogen-bond acceptors (Lipinski definition) is 7. The van der Waals surface area contributed by atoms with Crippen molar-refractivity contribution < 1.29 is 0 Å². The first-order chi connectivity index (χ1) is 66.7. The molecule has 0 fully saturated rings. The number of nitrogens with zero attached hydrogens (tertiary/aromatic N) is 3. The maximum Gasteiger partial charge on any atom is 0.0476 e. The summed E-state index contributed by atoms with van der Waals surface area (Å²) < 4.78 is 10.6. The Kier molecular flexibility index (Phi) is 19.1. The summed E-state index contributed by atoms with van der Waals surface area (Å²) in [5.74, 6) is 0. The van der Waals surface area contributed by atoms with Crippen LogP contribution in [-0.2, 0) is 16.2 Å². The van der Waals surface area contributed by atoms with Gasteiger partial charge in [-0.1, -0.05) is 339 Å². The largest absolute Gasteiger partial charge is 0.310 e. The van der Waals surface area contributed by atoms with Crippen LogP contribution in [0.1, 0.15) is 74.9 Å². The van der Waals surface area contributed by atoms with Gasteiger partial charge in [0.15, 0.2) is 0 Å². The van der Waals surface area contributed by atoms with Gasteiger partial charge >= 0.3 is 0 Å². The molecule has 0 unspecified atom stereocenters. The Hall–Kier alpha value is -15.3. The van der Waals surface area contributed by atoms with Crippen LogP contribution in [-0.4, -0.2) is 0 Å². The Bertz CT molecular complexity index is 9160. The van der Waals surface area contributed by atoms with E-state index in [0.717, 1.165) is 34.1 Å². The fourth-order valence-electron chi connectivity index (χ4n) is 22.6. The molecule has 0 radical (unpaired) electrons. The average molecular weight is 1810 g/mol. The van der Waals surface area contributed by atoms with E-state index in [0.29, 0.717) is 0 Å². The van der Waals surface area contributed by atoms with Gasteiger partial charge in [0, 0.05) is 148 Å². The smallest absolute Gasteiger partial charge is 0.0476 e. The Morgan fingerprint density at radius 3 is 0.728 bits per heavy atom. The second-order valence-electron chi connectivity index (χ2n) is 38.1. The summed E-state index contributed by atoms with van der Waals surface area (Å²) in [6, 6.07) is 164. The van der Waals surface area contributed by atoms with Gasteiger partial charge in [-0.3, -0.25) is 0 Å². The van der Waals surface area contributed by atoms with Crippen LogP contribution in [0, 0.1) is 0 Å². The number of rotatable bonds is 11. The quantitative estimate of drug-likeness (QED) is 0.128. The molecule has 0 atom stereocenters. The molecule has 0 bridgehead atoms. The summed E-state index contributed by atoms with van der Waals surface area (Å²) >= 11 is 7.48. The molecular weight excluding hydrogens is 1720 g/mol. The number of fused-ring (bicyclic) bond motifs is 27. The van der Waals surface area contributed by atoms with E-state index in [1.165, 1.54) is 219 Å². The Balaban J connectivity index is 0.000000106. The van der Waals surface area contributed by atoms with Gasteiger partial charge in [-0.05, 0) is 267 Å². The van der Waals surface area contributed by atoms with Gasteiger partial charge in [0.25, 0.3) is 0 Å². The summed E-state index contributed by atoms with van der Waals surface area (Å²) in [7, 11) is 0. The third-order valence-corrected chi connectivity index (χ3v) is 33.9. The molecule has 4 aromatic heterocycles. The van der Waals surface area contributed by atoms with Crippen molar-refractivity contribution in [1.82, 2.24) is 0 Å². The molecule has 0 aliphatic heterocycles. The molecule has 25 aromatic rings. The van der Waals surface area contributed by atoms with Crippen LogP contribution in [0.3, 0.4) is 0 Å². The molecule has 0 amide bonds. The van der Waals surface area contributed by atoms with E-state index in [9.17, 15) is 0 Å². The van der Waals surface area contributed by atoms with Crippen LogP contribution in [0.2, 0.25) is 0 Å². The molecule has 3 aliphatic rings. The molecule has 646 valence electrons. The highest BCUT2D eigenvalue weighted by Crippen LogP contribution is 2.58. The van der Waals surface area contributed by atoms with Gasteiger partial charge in [-0.2, -0.15) is 0 Å². The third kappa shape index (κ3) is 13.3. The SMILES string of the molecule is CC1(C)c2ccccc2-c2c1ccc1ccc(N(c3ccc(-c4ccccc4)cc3)c3ccc4c(c3)sc3ccccc34)cc21.CC1(C)c2ccccc2-c2c1ccc1ccc(N(c3ccc(-c4ccccc4)cc3)c3ccc4sc5ccccc5c4c3)cc21.CC1(C)c2ccccc2-c2c1ccc1ccc(N(c3ccc4c(c3)sc3ccccc34)c3ccc4sc5ccccc5c4c3)cc21. The predicted octanol–water partition coefficient (Wildman–Crippen LogP) is 38.7. The monoisotopic (exact) mass is 1810 g/mol. The van der Waals surface area contributed by atoms with Crippen molar-refractivity contribution >= 4 is 210 Å². The van der Waals surface area contributed by atoms with E-state index in [2.05, 4.69) is 499 Å². The lowest BCUT2D eigenvalue weighted by Gasteiger charge is -2.27. The van der Waals surface area contributed by atoms with E-state index in [4.69, 9.17) is 0 Å². The molecule has 0 N–H and O–H groups in total. The van der Waals surface area contributed by atoms with Crippen molar-refractivity contribution in [3.63, 3.8) is 0 Å². The minimum absolute atomic E-state index is 0.0324. The standard InChI is InChI=1S/C43H29NS2.2C43H31NS/c1-43(2)36-12-6-3-11-33(36)42-34-23-27(17-15-26(34)16-21-37(42)43)44(28-19-22-40-35(24-28)31-10-5-8-14-39(31)45-40)29-18-20-32-30-9-4-7-13-38(30)46-41(32)25-29;1-43(2)38-14-8-6-13-36(38)42-37-26-32(22-18-30(37)19-25-39(42)43)44(31-20-16-29(17-21-31)28-10-4-3-5-11-28)33-23-24-35-34-12-7-9-15-40(34)45-41(35)27-33;1-43(2)38-14-8-6-13-35(38)42-36-26-32(22-18-30(36)19-24-39(42)43)44(31-20-16-29(17-21-31)28-10-4-3-5-11-28)33-23-25-41-37(27-33)34-12-7-9-15-40(34)45-41/h3-25H,1-2H3;2*3-27H,1-2H3. The van der Waals surface area contributed by atoms with Crippen molar-refractivity contribution in [1.29, 1.82) is 0 Å². The number of hydrogen-bond donors (Lipinski definition) is 0. The zero-order valence-corrected chi connectivity index (χ0v) is 79.4. The number of thiophene rings is 4. The van der Waals surface area contributed by atoms with Gasteiger partial charge in [0.05, 0.1) is 0 Å². The minimum atomic E-state index is -0.0347. The molecule has 3 nitrogen and oxygen atoms in total. The summed E-state index contributed by atoms with van der Waals surface area (Å²) in [4.78, 5) is 7.30. The lowest BCUT2D eigenvalue weighted by molar-refractivity contribution is 0.660. The molecule has 7 heteroatoms. The summed E-state index contributed by atoms with van der Waals surface area (Å²) in [5.41, 5.74) is 31.8. The minimum Gasteiger partial charge on any atom is -0.310 e. The Labute approximate surface area is 807 Å². The lowest BCUT2D eigenvalue weighted by Crippen LogP contribution is -2.14. The molecule has 4 heterocycles. The number of anilines is 9. The van der Waals surface area contributed by atoms with Crippen molar-refractivity contribution in [3.8, 4) is 55.6 Å². The molecule has 136 heavy (non-hydrogen) atoms. The van der Waals surface area contributed by atoms with Gasteiger partial charge in [-0.15, -0.1) is 45.3 Å². The maximum absolute atomic E-state index is 2.46. The second kappa shape index (κ2) is 32.0. The average Bonchev–Trinajstić information content (AvgIpc) is 1.56. The first-order valence-corrected chi connectivity index (χ1v) is 50.3. The van der Waals surface area contributed by atoms with Crippen molar-refractivity contribution in [2.24, 2.45) is 0 Å². The van der Waals surface area contributed by atoms with E-state index in [-0.39, 0.29) is 16.2 Å². The first-order valence-electron chi connectivity index (χ1n) is 47.0. The van der Waals surface area contributed by atoms with Crippen LogP contribution in [0.15, 0.2) is 443 Å². The highest BCUT2D eigenvalue weighted by Gasteiger charge is 2.40. The highest BCUT2D eigenvalue weighted by molar-refractivity contribution is 7.27. The lowest BCUT2D eigenvalue weighted by atomic mass is 9.82. The summed E-state index contributed by atoms with van der Waals surface area (Å²) in [6.07, 6.45) is 0. The Morgan fingerprint density at radius 2 is 0.382 bits per heavy atom. The maximum atomic E-state index is 2.46. The summed E-state index contributed by atoms with van der Waals surface area (Å²) in [5, 5.41) is 18.2. The normalized spacial score (nSPS) is 13.4. The molecule has 28 rings (SSSR count). The van der Waals surface area contributed by atoms with Crippen molar-refractivity contribution in [2.75, 3.05) is 14.7 Å². The van der Waals surface area contributed by atoms with Gasteiger partial charge < -0.3 is 14.7 Å². The van der Waals surface area contributed by atoms with E-state index in [1.54, 1.807) is 0 Å². The third-order valence-electron chi connectivity index (χ3n) is 29.4. The molecule has 3 aliphatic carbocycles. The fourth-order valence-corrected chi connectivity index (χ4v) is 27.0. The van der Waals surface area contributed by atoms with Crippen LogP contribution in [0.4, 0.5) is 51.2 Å². The van der Waals surface area contributed by atoms with Gasteiger partial charge in [-0.25, -0.2) is 0 Å². The summed E-state index contributed by atoms with van der Waals surface area (Å²) in [6.45, 7) is 14.1. The topological polar surface area (TPSA) is 9.72 Å². The second-order valence-corrected chi connectivity index (χ2v) is 42.5. The van der Waals surface area contributed by atoms with Gasteiger partial charge in [0.2, 0.25) is 0 Å². The van der Waals surface area contributed by atoms with Crippen LogP contribution in [0.5, 0.6) is 0 Å². The zero-order chi connectivity index (χ0) is 90.8. The van der Waals surface area contributed by atoms with Crippen LogP contribution < -0.4 is 14.7 Å². The highest BCUT2D eigenvalue weighted by atomic mass is 32.1. The zero-order valence-electron chi connectivity index (χ0n) is 76.1. The molecule has 0 saturated heterocycles. The van der Waals surface area contributed by atoms with Crippen molar-refractivity contribution in [3.05, 3.63) is 476 Å². The Morgan fingerprint density at radius 1 is 0.154 bits per heavy atom. The first kappa shape index (κ1) is 81.4. The predicted molar refractivity (Wildman–Crippen MR) is 591 cm³/mol. The molecule has 21 aromatic carbocycles. The van der Waals surface area contributed by atoms with Crippen molar-refractivity contribution in [2.45, 2.75) is 57.8 Å². The van der Waals surface area contributed by atoms with E-state index in [1.807, 2.05) is 45.3 Å². The molecular formula is C129H91N3S4. The molecule has 0 saturated carbocycles. The van der Waals surface area contributed by atoms with Crippen LogP contribution in [0.25, 0.3) is 169 Å². The van der Waals surface area contributed by atoms with E-state index >= 15 is 0 Å². The van der Waals surface area contributed by atoms with E-state index < -0.39 is 0 Å².